The molecule has 0 spiro atoms. The molecule has 0 bridgehead atoms. The van der Waals surface area contributed by atoms with Gasteiger partial charge in [0, 0.05) is 6.54 Å². The van der Waals surface area contributed by atoms with Gasteiger partial charge in [-0.1, -0.05) is 19.1 Å². The van der Waals surface area contributed by atoms with Crippen molar-refractivity contribution in [1.29, 1.82) is 0 Å². The first-order valence-electron chi connectivity index (χ1n) is 6.87. The van der Waals surface area contributed by atoms with Crippen LogP contribution in [0.25, 0.3) is 0 Å². The second kappa shape index (κ2) is 5.94. The summed E-state index contributed by atoms with van der Waals surface area (Å²) in [6.07, 6.45) is 2.06. The highest BCUT2D eigenvalue weighted by molar-refractivity contribution is 6.13. The Bertz CT molecular complexity index is 510. The third-order valence-corrected chi connectivity index (χ3v) is 3.51. The van der Waals surface area contributed by atoms with Gasteiger partial charge in [0.2, 0.25) is 11.8 Å². The van der Waals surface area contributed by atoms with Gasteiger partial charge >= 0.3 is 0 Å². The number of anilines is 1. The Morgan fingerprint density at radius 2 is 1.95 bits per heavy atom. The molecule has 2 amide bonds. The van der Waals surface area contributed by atoms with E-state index in [1.54, 1.807) is 19.2 Å². The van der Waals surface area contributed by atoms with Crippen molar-refractivity contribution in [3.05, 3.63) is 24.3 Å². The summed E-state index contributed by atoms with van der Waals surface area (Å²) in [6.45, 7) is 2.58. The molecule has 0 atom stereocenters. The Hall–Kier alpha value is -2.04. The lowest BCUT2D eigenvalue weighted by Gasteiger charge is -2.16. The third kappa shape index (κ3) is 2.76. The molecule has 1 aliphatic carbocycles. The maximum Gasteiger partial charge on any atom is 0.240 e. The van der Waals surface area contributed by atoms with Crippen molar-refractivity contribution in [2.24, 2.45) is 5.41 Å². The lowest BCUT2D eigenvalue weighted by molar-refractivity contribution is -0.134. The molecule has 20 heavy (non-hydrogen) atoms. The minimum Gasteiger partial charge on any atom is -0.495 e. The molecular formula is C15H20N2O3. The maximum atomic E-state index is 12.3. The van der Waals surface area contributed by atoms with Gasteiger partial charge < -0.3 is 15.4 Å². The maximum absolute atomic E-state index is 12.3. The number of benzene rings is 1. The topological polar surface area (TPSA) is 67.4 Å². The molecule has 1 aromatic rings. The minimum atomic E-state index is -0.893. The van der Waals surface area contributed by atoms with Crippen molar-refractivity contribution in [3.8, 4) is 5.75 Å². The Kier molecular flexibility index (Phi) is 4.27. The SMILES string of the molecule is CCCNC(=O)C1(C(=O)Nc2ccccc2OC)CC1. The van der Waals surface area contributed by atoms with E-state index in [-0.39, 0.29) is 11.8 Å². The van der Waals surface area contributed by atoms with E-state index in [0.717, 1.165) is 6.42 Å². The molecule has 1 saturated carbocycles. The molecule has 0 aromatic heterocycles. The summed E-state index contributed by atoms with van der Waals surface area (Å²) in [5.74, 6) is 0.160. The van der Waals surface area contributed by atoms with Gasteiger partial charge in [0.05, 0.1) is 12.8 Å². The summed E-state index contributed by atoms with van der Waals surface area (Å²) < 4.78 is 5.19. The van der Waals surface area contributed by atoms with Crippen LogP contribution in [0.3, 0.4) is 0 Å². The molecule has 2 rings (SSSR count). The van der Waals surface area contributed by atoms with Crippen molar-refractivity contribution in [1.82, 2.24) is 5.32 Å². The van der Waals surface area contributed by atoms with Crippen molar-refractivity contribution < 1.29 is 14.3 Å². The van der Waals surface area contributed by atoms with E-state index in [9.17, 15) is 9.59 Å². The monoisotopic (exact) mass is 276 g/mol. The zero-order valence-corrected chi connectivity index (χ0v) is 11.9. The molecule has 5 nitrogen and oxygen atoms in total. The molecule has 1 aromatic carbocycles. The minimum absolute atomic E-state index is 0.174. The van der Waals surface area contributed by atoms with Crippen LogP contribution < -0.4 is 15.4 Å². The van der Waals surface area contributed by atoms with Crippen LogP contribution in [-0.2, 0) is 9.59 Å². The van der Waals surface area contributed by atoms with Gasteiger partial charge in [-0.2, -0.15) is 0 Å². The predicted molar refractivity (Wildman–Crippen MR) is 76.6 cm³/mol. The van der Waals surface area contributed by atoms with Gasteiger partial charge in [0.15, 0.2) is 0 Å². The molecule has 0 aliphatic heterocycles. The van der Waals surface area contributed by atoms with Crippen LogP contribution in [0.1, 0.15) is 26.2 Å². The average molecular weight is 276 g/mol. The highest BCUT2D eigenvalue weighted by atomic mass is 16.5. The molecule has 0 saturated heterocycles. The van der Waals surface area contributed by atoms with Crippen LogP contribution in [0.5, 0.6) is 5.75 Å². The lowest BCUT2D eigenvalue weighted by Crippen LogP contribution is -2.40. The summed E-state index contributed by atoms with van der Waals surface area (Å²) in [7, 11) is 1.55. The second-order valence-corrected chi connectivity index (χ2v) is 4.99. The van der Waals surface area contributed by atoms with E-state index >= 15 is 0 Å². The van der Waals surface area contributed by atoms with Crippen LogP contribution in [0.4, 0.5) is 5.69 Å². The van der Waals surface area contributed by atoms with Crippen LogP contribution >= 0.6 is 0 Å². The van der Waals surface area contributed by atoms with Gasteiger partial charge in [-0.3, -0.25) is 9.59 Å². The smallest absolute Gasteiger partial charge is 0.240 e. The number of ether oxygens (including phenoxy) is 1. The number of carbonyl (C=O) groups excluding carboxylic acids is 2. The fraction of sp³-hybridized carbons (Fsp3) is 0.467. The predicted octanol–water partition coefficient (Wildman–Crippen LogP) is 1.94. The molecule has 1 aliphatic rings. The normalized spacial score (nSPS) is 15.3. The molecule has 0 heterocycles. The van der Waals surface area contributed by atoms with Gasteiger partial charge in [-0.25, -0.2) is 0 Å². The van der Waals surface area contributed by atoms with Crippen molar-refractivity contribution in [3.63, 3.8) is 0 Å². The fourth-order valence-electron chi connectivity index (χ4n) is 2.08. The van der Waals surface area contributed by atoms with Crippen LogP contribution in [0.2, 0.25) is 0 Å². The number of nitrogens with one attached hydrogen (secondary N) is 2. The van der Waals surface area contributed by atoms with E-state index in [1.807, 2.05) is 19.1 Å². The number of hydrogen-bond acceptors (Lipinski definition) is 3. The largest absolute Gasteiger partial charge is 0.495 e. The fourth-order valence-corrected chi connectivity index (χ4v) is 2.08. The quantitative estimate of drug-likeness (QED) is 0.780. The van der Waals surface area contributed by atoms with Gasteiger partial charge in [-0.15, -0.1) is 0 Å². The van der Waals surface area contributed by atoms with Crippen LogP contribution in [0.15, 0.2) is 24.3 Å². The summed E-state index contributed by atoms with van der Waals surface area (Å²) in [4.78, 5) is 24.4. The Morgan fingerprint density at radius 3 is 2.55 bits per heavy atom. The summed E-state index contributed by atoms with van der Waals surface area (Å²) in [5.41, 5.74) is -0.301. The van der Waals surface area contributed by atoms with Crippen LogP contribution in [0, 0.1) is 5.41 Å². The zero-order chi connectivity index (χ0) is 14.6. The van der Waals surface area contributed by atoms with Crippen LogP contribution in [-0.4, -0.2) is 25.5 Å². The first-order chi connectivity index (χ1) is 9.64. The number of amides is 2. The first-order valence-corrected chi connectivity index (χ1v) is 6.87. The van der Waals surface area contributed by atoms with Crippen molar-refractivity contribution in [2.75, 3.05) is 19.0 Å². The average Bonchev–Trinajstić information content (AvgIpc) is 3.27. The van der Waals surface area contributed by atoms with E-state index in [4.69, 9.17) is 4.74 Å². The van der Waals surface area contributed by atoms with Crippen molar-refractivity contribution >= 4 is 17.5 Å². The van der Waals surface area contributed by atoms with Gasteiger partial charge in [0.25, 0.3) is 0 Å². The Morgan fingerprint density at radius 1 is 1.25 bits per heavy atom. The number of methoxy groups -OCH3 is 1. The first kappa shape index (κ1) is 14.4. The molecule has 2 N–H and O–H groups in total. The van der Waals surface area contributed by atoms with E-state index in [2.05, 4.69) is 10.6 Å². The standard InChI is InChI=1S/C15H20N2O3/c1-3-10-16-13(18)15(8-9-15)14(19)17-11-6-4-5-7-12(11)20-2/h4-7H,3,8-10H2,1-2H3,(H,16,18)(H,17,19). The molecule has 5 heteroatoms. The molecular weight excluding hydrogens is 256 g/mol. The van der Waals surface area contributed by atoms with E-state index in [0.29, 0.717) is 30.8 Å². The third-order valence-electron chi connectivity index (χ3n) is 3.51. The molecule has 1 fully saturated rings. The second-order valence-electron chi connectivity index (χ2n) is 4.99. The van der Waals surface area contributed by atoms with Gasteiger partial charge in [0.1, 0.15) is 11.2 Å². The lowest BCUT2D eigenvalue weighted by atomic mass is 10.0. The van der Waals surface area contributed by atoms with Crippen molar-refractivity contribution in [2.45, 2.75) is 26.2 Å². The number of para-hydroxylation sites is 2. The highest BCUT2D eigenvalue weighted by Gasteiger charge is 2.56. The molecule has 108 valence electrons. The summed E-state index contributed by atoms with van der Waals surface area (Å²) >= 11 is 0. The van der Waals surface area contributed by atoms with E-state index < -0.39 is 5.41 Å². The Labute approximate surface area is 118 Å². The Balaban J connectivity index is 2.06. The summed E-state index contributed by atoms with van der Waals surface area (Å²) in [5, 5.41) is 5.60. The van der Waals surface area contributed by atoms with E-state index in [1.165, 1.54) is 0 Å². The van der Waals surface area contributed by atoms with Gasteiger partial charge in [-0.05, 0) is 31.4 Å². The summed E-state index contributed by atoms with van der Waals surface area (Å²) in [6, 6.07) is 7.17. The number of carbonyl (C=O) groups is 2. The molecule has 0 radical (unpaired) electrons. The highest BCUT2D eigenvalue weighted by Crippen LogP contribution is 2.47. The number of hydrogen-bond donors (Lipinski definition) is 2. The molecule has 0 unspecified atom stereocenters. The number of rotatable bonds is 6. The zero-order valence-electron chi connectivity index (χ0n) is 11.9.